The lowest BCUT2D eigenvalue weighted by Gasteiger charge is -2.29. The van der Waals surface area contributed by atoms with Crippen molar-refractivity contribution in [2.24, 2.45) is 5.41 Å². The van der Waals surface area contributed by atoms with E-state index in [1.165, 1.54) is 0 Å². The van der Waals surface area contributed by atoms with Crippen molar-refractivity contribution < 1.29 is 17.9 Å². The first kappa shape index (κ1) is 28.0. The minimum atomic E-state index is -3.75. The third-order valence-corrected chi connectivity index (χ3v) is 8.38. The molecule has 3 aromatic rings. The minimum absolute atomic E-state index is 0.00586. The Morgan fingerprint density at radius 3 is 2.47 bits per heavy atom. The fraction of sp³-hybridized carbons (Fsp3) is 0.467. The van der Waals surface area contributed by atoms with Gasteiger partial charge in [0.25, 0.3) is 0 Å². The van der Waals surface area contributed by atoms with E-state index in [0.717, 1.165) is 29.5 Å². The smallest absolute Gasteiger partial charge is 0.228 e. The Morgan fingerprint density at radius 2 is 1.82 bits per heavy atom. The van der Waals surface area contributed by atoms with E-state index in [2.05, 4.69) is 4.98 Å². The average molecular weight is 538 g/mol. The van der Waals surface area contributed by atoms with E-state index in [1.54, 1.807) is 10.8 Å². The first-order valence-corrected chi connectivity index (χ1v) is 14.9. The second-order valence-corrected chi connectivity index (χ2v) is 13.3. The summed E-state index contributed by atoms with van der Waals surface area (Å²) >= 11 is 0. The fourth-order valence-corrected chi connectivity index (χ4v) is 6.39. The summed E-state index contributed by atoms with van der Waals surface area (Å²) in [7, 11) is -3.75. The van der Waals surface area contributed by atoms with Gasteiger partial charge in [-0.15, -0.1) is 0 Å². The lowest BCUT2D eigenvalue weighted by atomic mass is 9.91. The Hall–Kier alpha value is -2.97. The van der Waals surface area contributed by atoms with Crippen LogP contribution in [0.25, 0.3) is 0 Å². The Balaban J connectivity index is 1.69. The van der Waals surface area contributed by atoms with Crippen LogP contribution >= 0.6 is 0 Å². The van der Waals surface area contributed by atoms with Gasteiger partial charge in [0.05, 0.1) is 36.8 Å². The van der Waals surface area contributed by atoms with Gasteiger partial charge in [0, 0.05) is 19.6 Å². The van der Waals surface area contributed by atoms with Crippen LogP contribution in [0.4, 0.5) is 0 Å². The Bertz CT molecular complexity index is 1340. The molecule has 8 heteroatoms. The van der Waals surface area contributed by atoms with E-state index in [9.17, 15) is 13.2 Å². The van der Waals surface area contributed by atoms with E-state index in [0.29, 0.717) is 31.8 Å². The van der Waals surface area contributed by atoms with Gasteiger partial charge in [-0.05, 0) is 41.9 Å². The number of carbonyl (C=O) groups excluding carboxylic acids is 1. The summed E-state index contributed by atoms with van der Waals surface area (Å²) in [5, 5.41) is 0.0277. The third kappa shape index (κ3) is 7.32. The SMILES string of the molecule is Cc1ccccc1CS(=O)(=O)c1ncc(CN(C[C@@H]2CCCO2)C(=O)CC(C)(C)C)n1Cc1ccccc1. The molecule has 0 N–H and O–H groups in total. The van der Waals surface area contributed by atoms with Gasteiger partial charge < -0.3 is 14.2 Å². The molecule has 204 valence electrons. The van der Waals surface area contributed by atoms with Crippen molar-refractivity contribution >= 4 is 15.7 Å². The predicted octanol–water partition coefficient (Wildman–Crippen LogP) is 5.16. The average Bonchev–Trinajstić information content (AvgIpc) is 3.50. The molecular formula is C30H39N3O4S. The molecule has 1 saturated heterocycles. The predicted molar refractivity (Wildman–Crippen MR) is 148 cm³/mol. The molecular weight excluding hydrogens is 498 g/mol. The number of hydrogen-bond acceptors (Lipinski definition) is 5. The monoisotopic (exact) mass is 537 g/mol. The Kier molecular flexibility index (Phi) is 8.73. The van der Waals surface area contributed by atoms with E-state index in [4.69, 9.17) is 4.74 Å². The molecule has 1 aliphatic rings. The fourth-order valence-electron chi connectivity index (χ4n) is 4.79. The zero-order chi connectivity index (χ0) is 27.3. The van der Waals surface area contributed by atoms with Gasteiger partial charge >= 0.3 is 0 Å². The molecule has 0 radical (unpaired) electrons. The molecule has 1 atom stereocenters. The molecule has 1 fully saturated rings. The number of ether oxygens (including phenoxy) is 1. The van der Waals surface area contributed by atoms with Gasteiger partial charge in [-0.25, -0.2) is 13.4 Å². The molecule has 2 aromatic carbocycles. The molecule has 0 spiro atoms. The number of aromatic nitrogens is 2. The lowest BCUT2D eigenvalue weighted by Crippen LogP contribution is -2.39. The van der Waals surface area contributed by atoms with Crippen LogP contribution in [0.5, 0.6) is 0 Å². The van der Waals surface area contributed by atoms with Crippen LogP contribution in [0.1, 0.15) is 62.4 Å². The van der Waals surface area contributed by atoms with Crippen molar-refractivity contribution in [2.75, 3.05) is 13.2 Å². The standard InChI is InChI=1S/C30H39N3O4S/c1-23-11-8-9-14-25(23)22-38(35,36)29-31-18-26(33(29)19-24-12-6-5-7-13-24)20-32(21-27-15-10-16-37-27)28(34)17-30(2,3)4/h5-9,11-14,18,27H,10,15-17,19-22H2,1-4H3/t27-/m0/s1. The Labute approximate surface area is 226 Å². The van der Waals surface area contributed by atoms with Crippen molar-refractivity contribution in [3.8, 4) is 0 Å². The number of sulfone groups is 1. The van der Waals surface area contributed by atoms with Gasteiger partial charge in [0.1, 0.15) is 0 Å². The molecule has 4 rings (SSSR count). The first-order chi connectivity index (χ1) is 18.0. The summed E-state index contributed by atoms with van der Waals surface area (Å²) in [6.07, 6.45) is 3.90. The number of benzene rings is 2. The highest BCUT2D eigenvalue weighted by Gasteiger charge is 2.29. The Morgan fingerprint density at radius 1 is 1.11 bits per heavy atom. The third-order valence-electron chi connectivity index (χ3n) is 6.81. The number of hydrogen-bond donors (Lipinski definition) is 0. The largest absolute Gasteiger partial charge is 0.376 e. The van der Waals surface area contributed by atoms with Gasteiger partial charge in [-0.2, -0.15) is 0 Å². The molecule has 0 bridgehead atoms. The molecule has 1 aliphatic heterocycles. The molecule has 0 saturated carbocycles. The number of nitrogens with zero attached hydrogens (tertiary/aromatic N) is 3. The molecule has 7 nitrogen and oxygen atoms in total. The second kappa shape index (κ2) is 11.8. The molecule has 0 aliphatic carbocycles. The van der Waals surface area contributed by atoms with E-state index in [-0.39, 0.29) is 34.9 Å². The molecule has 1 aromatic heterocycles. The minimum Gasteiger partial charge on any atom is -0.376 e. The maximum absolute atomic E-state index is 13.7. The van der Waals surface area contributed by atoms with Crippen molar-refractivity contribution in [1.82, 2.24) is 14.5 Å². The van der Waals surface area contributed by atoms with Gasteiger partial charge in [0.15, 0.2) is 0 Å². The lowest BCUT2D eigenvalue weighted by molar-refractivity contribution is -0.135. The summed E-state index contributed by atoms with van der Waals surface area (Å²) in [5.74, 6) is -0.0992. The topological polar surface area (TPSA) is 81.5 Å². The van der Waals surface area contributed by atoms with Crippen LogP contribution in [0.3, 0.4) is 0 Å². The summed E-state index contributed by atoms with van der Waals surface area (Å²) in [4.78, 5) is 19.7. The first-order valence-electron chi connectivity index (χ1n) is 13.3. The number of amides is 1. The summed E-state index contributed by atoms with van der Waals surface area (Å²) in [5.41, 5.74) is 3.16. The normalized spacial score (nSPS) is 16.1. The number of imidazole rings is 1. The number of carbonyl (C=O) groups is 1. The van der Waals surface area contributed by atoms with Crippen molar-refractivity contribution in [2.45, 2.75) is 77.1 Å². The second-order valence-electron chi connectivity index (χ2n) is 11.4. The molecule has 0 unspecified atom stereocenters. The van der Waals surface area contributed by atoms with Crippen molar-refractivity contribution in [3.63, 3.8) is 0 Å². The van der Waals surface area contributed by atoms with Crippen LogP contribution in [0, 0.1) is 12.3 Å². The number of aryl methyl sites for hydroxylation is 1. The maximum atomic E-state index is 13.7. The zero-order valence-electron chi connectivity index (χ0n) is 22.9. The van der Waals surface area contributed by atoms with E-state index in [1.807, 2.05) is 87.2 Å². The highest BCUT2D eigenvalue weighted by molar-refractivity contribution is 7.90. The van der Waals surface area contributed by atoms with Crippen LogP contribution in [-0.4, -0.2) is 48.0 Å². The number of rotatable bonds is 10. The van der Waals surface area contributed by atoms with Crippen LogP contribution in [0.15, 0.2) is 66.0 Å². The molecule has 1 amide bonds. The van der Waals surface area contributed by atoms with Gasteiger partial charge in [-0.1, -0.05) is 75.4 Å². The summed E-state index contributed by atoms with van der Waals surface area (Å²) in [6.45, 7) is 9.86. The van der Waals surface area contributed by atoms with E-state index < -0.39 is 9.84 Å². The molecule has 2 heterocycles. The zero-order valence-corrected chi connectivity index (χ0v) is 23.7. The summed E-state index contributed by atoms with van der Waals surface area (Å²) < 4.78 is 35.0. The van der Waals surface area contributed by atoms with Crippen LogP contribution in [0.2, 0.25) is 0 Å². The van der Waals surface area contributed by atoms with Crippen LogP contribution < -0.4 is 0 Å². The summed E-state index contributed by atoms with van der Waals surface area (Å²) in [6, 6.07) is 17.2. The quantitative estimate of drug-likeness (QED) is 0.357. The van der Waals surface area contributed by atoms with E-state index >= 15 is 0 Å². The van der Waals surface area contributed by atoms with Gasteiger partial charge in [0.2, 0.25) is 20.9 Å². The highest BCUT2D eigenvalue weighted by atomic mass is 32.2. The van der Waals surface area contributed by atoms with Crippen molar-refractivity contribution in [3.05, 3.63) is 83.2 Å². The van der Waals surface area contributed by atoms with Gasteiger partial charge in [-0.3, -0.25) is 4.79 Å². The highest BCUT2D eigenvalue weighted by Crippen LogP contribution is 2.25. The van der Waals surface area contributed by atoms with Crippen molar-refractivity contribution in [1.29, 1.82) is 0 Å². The molecule has 38 heavy (non-hydrogen) atoms. The maximum Gasteiger partial charge on any atom is 0.228 e. The van der Waals surface area contributed by atoms with Crippen LogP contribution in [-0.2, 0) is 38.2 Å².